The molecule has 1 fully saturated rings. The largest absolute Gasteiger partial charge is 0.465 e. The normalized spacial score (nSPS) is 17.8. The van der Waals surface area contributed by atoms with Crippen LogP contribution in [0.3, 0.4) is 0 Å². The molecule has 0 aromatic rings. The predicted molar refractivity (Wildman–Crippen MR) is 84.4 cm³/mol. The lowest BCUT2D eigenvalue weighted by Crippen LogP contribution is -2.53. The highest BCUT2D eigenvalue weighted by Crippen LogP contribution is 2.25. The van der Waals surface area contributed by atoms with Gasteiger partial charge in [0.1, 0.15) is 5.54 Å². The lowest BCUT2D eigenvalue weighted by molar-refractivity contribution is -0.151. The Balaban J connectivity index is 2.48. The second-order valence-electron chi connectivity index (χ2n) is 5.85. The third-order valence-corrected chi connectivity index (χ3v) is 3.96. The molecule has 1 unspecified atom stereocenters. The van der Waals surface area contributed by atoms with E-state index in [1.54, 1.807) is 0 Å². The van der Waals surface area contributed by atoms with Crippen LogP contribution in [0.2, 0.25) is 0 Å². The Morgan fingerprint density at radius 1 is 1.24 bits per heavy atom. The molecular weight excluding hydrogens is 268 g/mol. The number of esters is 1. The molecule has 1 atom stereocenters. The van der Waals surface area contributed by atoms with Crippen molar-refractivity contribution in [3.05, 3.63) is 0 Å². The van der Waals surface area contributed by atoms with Crippen LogP contribution in [0.1, 0.15) is 47.0 Å². The third kappa shape index (κ3) is 6.76. The van der Waals surface area contributed by atoms with E-state index in [0.29, 0.717) is 12.6 Å². The maximum absolute atomic E-state index is 12.3. The SMILES string of the molecule is CCOCCN(CC)CCC(C)(NC1CC1)C(=O)OCC. The number of ether oxygens (including phenoxy) is 2. The van der Waals surface area contributed by atoms with Crippen molar-refractivity contribution >= 4 is 5.97 Å². The van der Waals surface area contributed by atoms with Gasteiger partial charge in [-0.05, 0) is 46.6 Å². The summed E-state index contributed by atoms with van der Waals surface area (Å²) in [5.41, 5.74) is -0.573. The van der Waals surface area contributed by atoms with Crippen LogP contribution in [-0.4, -0.2) is 61.9 Å². The Kier molecular flexibility index (Phi) is 8.22. The number of likely N-dealkylation sites (N-methyl/N-ethyl adjacent to an activating group) is 1. The smallest absolute Gasteiger partial charge is 0.326 e. The van der Waals surface area contributed by atoms with Crippen LogP contribution in [0.25, 0.3) is 0 Å². The minimum Gasteiger partial charge on any atom is -0.465 e. The summed E-state index contributed by atoms with van der Waals surface area (Å²) in [7, 11) is 0. The molecule has 0 amide bonds. The van der Waals surface area contributed by atoms with Crippen molar-refractivity contribution in [3.8, 4) is 0 Å². The Morgan fingerprint density at radius 2 is 1.95 bits per heavy atom. The quantitative estimate of drug-likeness (QED) is 0.440. The number of hydrogen-bond acceptors (Lipinski definition) is 5. The van der Waals surface area contributed by atoms with Crippen LogP contribution < -0.4 is 5.32 Å². The van der Waals surface area contributed by atoms with Crippen LogP contribution in [0.5, 0.6) is 0 Å². The Morgan fingerprint density at radius 3 is 2.48 bits per heavy atom. The summed E-state index contributed by atoms with van der Waals surface area (Å²) in [6.45, 7) is 12.7. The van der Waals surface area contributed by atoms with E-state index in [2.05, 4.69) is 17.1 Å². The predicted octanol–water partition coefficient (Wildman–Crippen LogP) is 1.81. The van der Waals surface area contributed by atoms with E-state index in [9.17, 15) is 4.79 Å². The van der Waals surface area contributed by atoms with Gasteiger partial charge in [-0.3, -0.25) is 10.1 Å². The van der Waals surface area contributed by atoms with Crippen LogP contribution in [0.15, 0.2) is 0 Å². The van der Waals surface area contributed by atoms with E-state index < -0.39 is 5.54 Å². The molecule has 1 N–H and O–H groups in total. The second kappa shape index (κ2) is 9.38. The van der Waals surface area contributed by atoms with E-state index in [-0.39, 0.29) is 5.97 Å². The molecule has 0 aromatic heterocycles. The molecule has 0 spiro atoms. The van der Waals surface area contributed by atoms with E-state index in [4.69, 9.17) is 9.47 Å². The van der Waals surface area contributed by atoms with Crippen molar-refractivity contribution in [1.82, 2.24) is 10.2 Å². The zero-order valence-electron chi connectivity index (χ0n) is 14.1. The van der Waals surface area contributed by atoms with E-state index in [0.717, 1.165) is 52.1 Å². The van der Waals surface area contributed by atoms with Gasteiger partial charge < -0.3 is 14.4 Å². The summed E-state index contributed by atoms with van der Waals surface area (Å²) < 4.78 is 10.7. The lowest BCUT2D eigenvalue weighted by Gasteiger charge is -2.31. The molecule has 1 aliphatic carbocycles. The summed E-state index contributed by atoms with van der Waals surface area (Å²) >= 11 is 0. The van der Waals surface area contributed by atoms with Crippen molar-refractivity contribution in [2.45, 2.75) is 58.5 Å². The van der Waals surface area contributed by atoms with Crippen LogP contribution in [0, 0.1) is 0 Å². The van der Waals surface area contributed by atoms with Gasteiger partial charge in [-0.2, -0.15) is 0 Å². The molecule has 1 saturated carbocycles. The molecule has 0 saturated heterocycles. The van der Waals surface area contributed by atoms with Crippen molar-refractivity contribution in [1.29, 1.82) is 0 Å². The number of hydrogen-bond donors (Lipinski definition) is 1. The summed E-state index contributed by atoms with van der Waals surface area (Å²) in [6.07, 6.45) is 3.09. The first-order chi connectivity index (χ1) is 10.1. The van der Waals surface area contributed by atoms with Gasteiger partial charge in [0.05, 0.1) is 13.2 Å². The van der Waals surface area contributed by atoms with Crippen molar-refractivity contribution in [2.24, 2.45) is 0 Å². The van der Waals surface area contributed by atoms with Gasteiger partial charge in [-0.15, -0.1) is 0 Å². The number of nitrogens with zero attached hydrogens (tertiary/aromatic N) is 1. The standard InChI is InChI=1S/C16H32N2O3/c1-5-18(12-13-20-6-2)11-10-16(4,15(19)21-7-3)17-14-8-9-14/h14,17H,5-13H2,1-4H3. The van der Waals surface area contributed by atoms with Gasteiger partial charge >= 0.3 is 5.97 Å². The minimum absolute atomic E-state index is 0.127. The number of carbonyl (C=O) groups is 1. The maximum atomic E-state index is 12.3. The van der Waals surface area contributed by atoms with Gasteiger partial charge in [-0.25, -0.2) is 0 Å². The molecule has 5 heteroatoms. The lowest BCUT2D eigenvalue weighted by atomic mass is 9.97. The Bertz CT molecular complexity index is 308. The van der Waals surface area contributed by atoms with Gasteiger partial charge in [0.2, 0.25) is 0 Å². The molecule has 0 aliphatic heterocycles. The average molecular weight is 300 g/mol. The zero-order chi connectivity index (χ0) is 15.7. The maximum Gasteiger partial charge on any atom is 0.326 e. The molecule has 0 radical (unpaired) electrons. The molecule has 124 valence electrons. The van der Waals surface area contributed by atoms with Gasteiger partial charge in [0, 0.05) is 25.7 Å². The van der Waals surface area contributed by atoms with Crippen molar-refractivity contribution < 1.29 is 14.3 Å². The highest BCUT2D eigenvalue weighted by atomic mass is 16.5. The first kappa shape index (κ1) is 18.4. The van der Waals surface area contributed by atoms with E-state index >= 15 is 0 Å². The number of nitrogens with one attached hydrogen (secondary N) is 1. The van der Waals surface area contributed by atoms with E-state index in [1.165, 1.54) is 0 Å². The summed E-state index contributed by atoms with van der Waals surface area (Å²) in [6, 6.07) is 0.484. The molecule has 21 heavy (non-hydrogen) atoms. The second-order valence-corrected chi connectivity index (χ2v) is 5.85. The van der Waals surface area contributed by atoms with Gasteiger partial charge in [-0.1, -0.05) is 6.92 Å². The number of rotatable bonds is 12. The zero-order valence-corrected chi connectivity index (χ0v) is 14.1. The fourth-order valence-electron chi connectivity index (χ4n) is 2.35. The minimum atomic E-state index is -0.573. The monoisotopic (exact) mass is 300 g/mol. The molecule has 0 aromatic carbocycles. The molecular formula is C16H32N2O3. The Labute approximate surface area is 129 Å². The van der Waals surface area contributed by atoms with Gasteiger partial charge in [0.15, 0.2) is 0 Å². The molecule has 1 rings (SSSR count). The van der Waals surface area contributed by atoms with Crippen LogP contribution >= 0.6 is 0 Å². The summed E-state index contributed by atoms with van der Waals surface area (Å²) in [4.78, 5) is 14.6. The van der Waals surface area contributed by atoms with Crippen LogP contribution in [0.4, 0.5) is 0 Å². The van der Waals surface area contributed by atoms with Crippen molar-refractivity contribution in [2.75, 3.05) is 39.5 Å². The molecule has 0 heterocycles. The van der Waals surface area contributed by atoms with E-state index in [1.807, 2.05) is 20.8 Å². The third-order valence-electron chi connectivity index (χ3n) is 3.96. The van der Waals surface area contributed by atoms with Crippen LogP contribution in [-0.2, 0) is 14.3 Å². The number of carbonyl (C=O) groups excluding carboxylic acids is 1. The van der Waals surface area contributed by atoms with Crippen molar-refractivity contribution in [3.63, 3.8) is 0 Å². The molecule has 1 aliphatic rings. The fraction of sp³-hybridized carbons (Fsp3) is 0.938. The Hall–Kier alpha value is -0.650. The first-order valence-electron chi connectivity index (χ1n) is 8.30. The molecule has 0 bridgehead atoms. The first-order valence-corrected chi connectivity index (χ1v) is 8.30. The summed E-state index contributed by atoms with van der Waals surface area (Å²) in [5, 5.41) is 3.47. The molecule has 5 nitrogen and oxygen atoms in total. The summed E-state index contributed by atoms with van der Waals surface area (Å²) in [5.74, 6) is -0.127. The average Bonchev–Trinajstić information content (AvgIpc) is 3.26. The van der Waals surface area contributed by atoms with Gasteiger partial charge in [0.25, 0.3) is 0 Å². The topological polar surface area (TPSA) is 50.8 Å². The highest BCUT2D eigenvalue weighted by molar-refractivity contribution is 5.80. The fourth-order valence-corrected chi connectivity index (χ4v) is 2.35. The highest BCUT2D eigenvalue weighted by Gasteiger charge is 2.39.